The summed E-state index contributed by atoms with van der Waals surface area (Å²) < 4.78 is 13.1. The van der Waals surface area contributed by atoms with Gasteiger partial charge in [0, 0.05) is 12.2 Å². The lowest BCUT2D eigenvalue weighted by molar-refractivity contribution is 0.628. The summed E-state index contributed by atoms with van der Waals surface area (Å²) in [6.45, 7) is 2.65. The van der Waals surface area contributed by atoms with Crippen molar-refractivity contribution in [3.63, 3.8) is 0 Å². The van der Waals surface area contributed by atoms with E-state index in [0.29, 0.717) is 29.0 Å². The standard InChI is InChI=1S/C12H12ClFN4/c1-2-15-12-16-7-10(13)11(18-12)17-9-5-3-4-8(14)6-9/h3-7H,2H2,1H3,(H2,15,16,17,18). The van der Waals surface area contributed by atoms with Crippen molar-refractivity contribution in [3.05, 3.63) is 41.3 Å². The van der Waals surface area contributed by atoms with E-state index < -0.39 is 0 Å². The van der Waals surface area contributed by atoms with E-state index in [1.165, 1.54) is 18.3 Å². The van der Waals surface area contributed by atoms with Crippen LogP contribution in [0.5, 0.6) is 0 Å². The Hall–Kier alpha value is -1.88. The summed E-state index contributed by atoms with van der Waals surface area (Å²) in [6.07, 6.45) is 1.49. The van der Waals surface area contributed by atoms with Gasteiger partial charge < -0.3 is 10.6 Å². The van der Waals surface area contributed by atoms with Crippen molar-refractivity contribution < 1.29 is 4.39 Å². The van der Waals surface area contributed by atoms with Gasteiger partial charge in [0.25, 0.3) is 0 Å². The molecule has 18 heavy (non-hydrogen) atoms. The number of halogens is 2. The maximum absolute atomic E-state index is 13.1. The van der Waals surface area contributed by atoms with Crippen LogP contribution < -0.4 is 10.6 Å². The summed E-state index contributed by atoms with van der Waals surface area (Å²) in [5, 5.41) is 6.30. The topological polar surface area (TPSA) is 49.8 Å². The van der Waals surface area contributed by atoms with E-state index in [-0.39, 0.29) is 5.82 Å². The Balaban J connectivity index is 2.25. The van der Waals surface area contributed by atoms with Gasteiger partial charge in [-0.15, -0.1) is 0 Å². The molecule has 2 rings (SSSR count). The SMILES string of the molecule is CCNc1ncc(Cl)c(Nc2cccc(F)c2)n1. The van der Waals surface area contributed by atoms with Crippen LogP contribution >= 0.6 is 11.6 Å². The monoisotopic (exact) mass is 266 g/mol. The first-order valence-electron chi connectivity index (χ1n) is 5.48. The van der Waals surface area contributed by atoms with Crippen molar-refractivity contribution in [2.45, 2.75) is 6.92 Å². The lowest BCUT2D eigenvalue weighted by Gasteiger charge is -2.09. The highest BCUT2D eigenvalue weighted by Gasteiger charge is 2.05. The predicted octanol–water partition coefficient (Wildman–Crippen LogP) is 3.44. The zero-order valence-electron chi connectivity index (χ0n) is 9.74. The van der Waals surface area contributed by atoms with Crippen LogP contribution in [0, 0.1) is 5.82 Å². The third kappa shape index (κ3) is 3.07. The minimum atomic E-state index is -0.322. The minimum absolute atomic E-state index is 0.322. The third-order valence-electron chi connectivity index (χ3n) is 2.17. The maximum Gasteiger partial charge on any atom is 0.224 e. The van der Waals surface area contributed by atoms with Crippen molar-refractivity contribution in [1.29, 1.82) is 0 Å². The van der Waals surface area contributed by atoms with Crippen molar-refractivity contribution in [2.24, 2.45) is 0 Å². The van der Waals surface area contributed by atoms with Gasteiger partial charge in [0.15, 0.2) is 5.82 Å². The molecule has 94 valence electrons. The first-order chi connectivity index (χ1) is 8.69. The molecule has 1 aromatic heterocycles. The quantitative estimate of drug-likeness (QED) is 0.890. The molecule has 0 bridgehead atoms. The van der Waals surface area contributed by atoms with Gasteiger partial charge >= 0.3 is 0 Å². The van der Waals surface area contributed by atoms with Crippen molar-refractivity contribution >= 4 is 29.1 Å². The van der Waals surface area contributed by atoms with Gasteiger partial charge in [0.2, 0.25) is 5.95 Å². The van der Waals surface area contributed by atoms with Gasteiger partial charge in [-0.1, -0.05) is 17.7 Å². The van der Waals surface area contributed by atoms with Crippen LogP contribution in [0.2, 0.25) is 5.02 Å². The molecule has 0 unspecified atom stereocenters. The highest BCUT2D eigenvalue weighted by molar-refractivity contribution is 6.32. The van der Waals surface area contributed by atoms with E-state index in [1.807, 2.05) is 6.92 Å². The van der Waals surface area contributed by atoms with Crippen LogP contribution in [0.3, 0.4) is 0 Å². The number of nitrogens with zero attached hydrogens (tertiary/aromatic N) is 2. The Labute approximate surface area is 109 Å². The molecule has 0 atom stereocenters. The lowest BCUT2D eigenvalue weighted by Crippen LogP contribution is -2.04. The Morgan fingerprint density at radius 2 is 2.22 bits per heavy atom. The average molecular weight is 267 g/mol. The summed E-state index contributed by atoms with van der Waals surface area (Å²) in [5.41, 5.74) is 0.582. The molecule has 1 aromatic carbocycles. The van der Waals surface area contributed by atoms with E-state index in [0.717, 1.165) is 0 Å². The van der Waals surface area contributed by atoms with Gasteiger partial charge in [-0.05, 0) is 25.1 Å². The fraction of sp³-hybridized carbons (Fsp3) is 0.167. The molecule has 0 spiro atoms. The largest absolute Gasteiger partial charge is 0.354 e. The summed E-state index contributed by atoms with van der Waals surface area (Å²) in [6, 6.07) is 6.08. The van der Waals surface area contributed by atoms with Crippen LogP contribution in [0.25, 0.3) is 0 Å². The first kappa shape index (κ1) is 12.6. The van der Waals surface area contributed by atoms with Crippen LogP contribution in [0.4, 0.5) is 21.8 Å². The summed E-state index contributed by atoms with van der Waals surface area (Å²) in [7, 11) is 0. The zero-order valence-corrected chi connectivity index (χ0v) is 10.5. The highest BCUT2D eigenvalue weighted by Crippen LogP contribution is 2.23. The van der Waals surface area contributed by atoms with Crippen molar-refractivity contribution in [2.75, 3.05) is 17.2 Å². The molecular formula is C12H12ClFN4. The number of nitrogens with one attached hydrogen (secondary N) is 2. The first-order valence-corrected chi connectivity index (χ1v) is 5.86. The Morgan fingerprint density at radius 3 is 2.94 bits per heavy atom. The second kappa shape index (κ2) is 5.64. The molecule has 0 amide bonds. The van der Waals surface area contributed by atoms with E-state index >= 15 is 0 Å². The lowest BCUT2D eigenvalue weighted by atomic mass is 10.3. The number of rotatable bonds is 4. The smallest absolute Gasteiger partial charge is 0.224 e. The Morgan fingerprint density at radius 1 is 1.39 bits per heavy atom. The molecule has 0 fully saturated rings. The van der Waals surface area contributed by atoms with Gasteiger partial charge in [-0.3, -0.25) is 0 Å². The van der Waals surface area contributed by atoms with E-state index in [9.17, 15) is 4.39 Å². The molecule has 0 saturated carbocycles. The van der Waals surface area contributed by atoms with E-state index in [4.69, 9.17) is 11.6 Å². The van der Waals surface area contributed by atoms with Gasteiger partial charge in [0.05, 0.1) is 6.20 Å². The number of benzene rings is 1. The fourth-order valence-electron chi connectivity index (χ4n) is 1.40. The summed E-state index contributed by atoms with van der Waals surface area (Å²) in [5.74, 6) is 0.589. The van der Waals surface area contributed by atoms with Crippen LogP contribution in [0.1, 0.15) is 6.92 Å². The molecule has 0 aliphatic rings. The van der Waals surface area contributed by atoms with Crippen molar-refractivity contribution in [1.82, 2.24) is 9.97 Å². The molecule has 1 heterocycles. The molecule has 6 heteroatoms. The van der Waals surface area contributed by atoms with E-state index in [1.54, 1.807) is 12.1 Å². The van der Waals surface area contributed by atoms with Crippen LogP contribution in [0.15, 0.2) is 30.5 Å². The number of anilines is 3. The number of hydrogen-bond acceptors (Lipinski definition) is 4. The van der Waals surface area contributed by atoms with Crippen LogP contribution in [-0.4, -0.2) is 16.5 Å². The Bertz CT molecular complexity index is 547. The molecule has 0 aliphatic heterocycles. The fourth-order valence-corrected chi connectivity index (χ4v) is 1.54. The highest BCUT2D eigenvalue weighted by atomic mass is 35.5. The average Bonchev–Trinajstić information content (AvgIpc) is 2.34. The maximum atomic E-state index is 13.1. The normalized spacial score (nSPS) is 10.2. The minimum Gasteiger partial charge on any atom is -0.354 e. The molecule has 0 saturated heterocycles. The second-order valence-corrected chi connectivity index (χ2v) is 3.96. The van der Waals surface area contributed by atoms with Crippen LogP contribution in [-0.2, 0) is 0 Å². The molecule has 2 aromatic rings. The predicted molar refractivity (Wildman–Crippen MR) is 70.9 cm³/mol. The number of aromatic nitrogens is 2. The molecule has 0 radical (unpaired) electrons. The molecular weight excluding hydrogens is 255 g/mol. The molecule has 4 nitrogen and oxygen atoms in total. The summed E-state index contributed by atoms with van der Waals surface area (Å²) >= 11 is 5.98. The third-order valence-corrected chi connectivity index (χ3v) is 2.44. The summed E-state index contributed by atoms with van der Waals surface area (Å²) in [4.78, 5) is 8.22. The van der Waals surface area contributed by atoms with Crippen molar-refractivity contribution in [3.8, 4) is 0 Å². The molecule has 0 aliphatic carbocycles. The molecule has 2 N–H and O–H groups in total. The zero-order chi connectivity index (χ0) is 13.0. The number of hydrogen-bond donors (Lipinski definition) is 2. The second-order valence-electron chi connectivity index (χ2n) is 3.56. The van der Waals surface area contributed by atoms with E-state index in [2.05, 4.69) is 20.6 Å². The van der Waals surface area contributed by atoms with Gasteiger partial charge in [-0.2, -0.15) is 4.98 Å². The Kier molecular flexibility index (Phi) is 3.94. The van der Waals surface area contributed by atoms with Gasteiger partial charge in [-0.25, -0.2) is 9.37 Å². The van der Waals surface area contributed by atoms with Gasteiger partial charge in [0.1, 0.15) is 10.8 Å².